The molecule has 3 heteroatoms. The summed E-state index contributed by atoms with van der Waals surface area (Å²) in [6.45, 7) is 4.43. The monoisotopic (exact) mass is 693 g/mol. The summed E-state index contributed by atoms with van der Waals surface area (Å²) in [5.74, 6) is 0. The molecule has 1 aliphatic rings. The van der Waals surface area contributed by atoms with Crippen molar-refractivity contribution >= 4 is 27.6 Å². The zero-order chi connectivity index (χ0) is 36.4. The molecule has 9 rings (SSSR count). The number of rotatable bonds is 5. The number of allylic oxidation sites excluding steroid dienone is 5. The molecular weight excluding hydrogens is 655 g/mol. The van der Waals surface area contributed by atoms with Crippen LogP contribution in [0.4, 0.5) is 0 Å². The van der Waals surface area contributed by atoms with E-state index in [1.807, 2.05) is 36.9 Å². The highest BCUT2D eigenvalue weighted by Gasteiger charge is 2.24. The Morgan fingerprint density at radius 1 is 0.500 bits per heavy atom. The summed E-state index contributed by atoms with van der Waals surface area (Å²) in [5, 5.41) is 4.73. The van der Waals surface area contributed by atoms with E-state index in [1.54, 1.807) is 0 Å². The van der Waals surface area contributed by atoms with Crippen molar-refractivity contribution in [1.82, 2.24) is 15.0 Å². The highest BCUT2D eigenvalue weighted by Crippen LogP contribution is 2.47. The molecular formula is C51H39N3. The molecule has 54 heavy (non-hydrogen) atoms. The van der Waals surface area contributed by atoms with E-state index in [1.165, 1.54) is 54.9 Å². The van der Waals surface area contributed by atoms with Gasteiger partial charge in [0.2, 0.25) is 0 Å². The van der Waals surface area contributed by atoms with Gasteiger partial charge in [0.15, 0.2) is 0 Å². The number of aryl methyl sites for hydroxylation is 1. The average molecular weight is 694 g/mol. The molecule has 3 aromatic heterocycles. The molecule has 3 heterocycles. The van der Waals surface area contributed by atoms with E-state index in [4.69, 9.17) is 4.98 Å². The zero-order valence-electron chi connectivity index (χ0n) is 30.5. The van der Waals surface area contributed by atoms with Crippen LogP contribution in [0.15, 0.2) is 170 Å². The van der Waals surface area contributed by atoms with Gasteiger partial charge in [0.25, 0.3) is 0 Å². The first-order valence-corrected chi connectivity index (χ1v) is 18.6. The van der Waals surface area contributed by atoms with E-state index in [2.05, 4.69) is 163 Å². The van der Waals surface area contributed by atoms with Gasteiger partial charge in [-0.25, -0.2) is 4.98 Å². The van der Waals surface area contributed by atoms with Crippen molar-refractivity contribution in [2.45, 2.75) is 26.7 Å². The maximum absolute atomic E-state index is 5.72. The van der Waals surface area contributed by atoms with Crippen LogP contribution in [0.25, 0.3) is 83.5 Å². The molecule has 1 aliphatic carbocycles. The topological polar surface area (TPSA) is 38.7 Å². The minimum Gasteiger partial charge on any atom is -0.264 e. The van der Waals surface area contributed by atoms with Crippen molar-refractivity contribution in [3.63, 3.8) is 0 Å². The molecule has 8 aromatic rings. The molecule has 0 unspecified atom stereocenters. The fraction of sp³-hybridized carbons (Fsp3) is 0.0784. The number of benzene rings is 5. The predicted octanol–water partition coefficient (Wildman–Crippen LogP) is 13.2. The number of hydrogen-bond acceptors (Lipinski definition) is 3. The Kier molecular flexibility index (Phi) is 8.82. The largest absolute Gasteiger partial charge is 0.264 e. The Balaban J connectivity index is 1.39. The molecule has 0 atom stereocenters. The second kappa shape index (κ2) is 14.4. The standard InChI is InChI=1S/C51H39N3/c1-34-17-9-10-20-41(34)50-35(2)42-21-7-5-3-4-6-8-26-47(42)51(54-50)49-45-24-13-11-22-43(45)48(44-23-12-14-25-46(44)49)40-30-38(36-18-15-27-52-32-36)29-39(31-40)37-19-16-28-53-33-37/h3-5,7-20,22-33H,6,21H2,1-2H3/b4-3-,7-5-,26-8-. The SMILES string of the molecule is Cc1ccccc1-c1nc(-c2c3ccccc3c(-c3cc(-c4cccnc4)cc(-c4cccnc4)c3)c3ccccc23)c2c(c1C)C/C=C\C=C/C/C=C\2. The lowest BCUT2D eigenvalue weighted by atomic mass is 9.83. The van der Waals surface area contributed by atoms with Gasteiger partial charge in [-0.2, -0.15) is 0 Å². The summed E-state index contributed by atoms with van der Waals surface area (Å²) in [7, 11) is 0. The predicted molar refractivity (Wildman–Crippen MR) is 227 cm³/mol. The number of fused-ring (bicyclic) bond motifs is 3. The smallest absolute Gasteiger partial charge is 0.0797 e. The van der Waals surface area contributed by atoms with Crippen LogP contribution in [0.3, 0.4) is 0 Å². The molecule has 0 bridgehead atoms. The molecule has 0 fully saturated rings. The second-order valence-corrected chi connectivity index (χ2v) is 14.0. The lowest BCUT2D eigenvalue weighted by molar-refractivity contribution is 1.15. The minimum absolute atomic E-state index is 0.816. The Bertz CT molecular complexity index is 2660. The van der Waals surface area contributed by atoms with E-state index < -0.39 is 0 Å². The highest BCUT2D eigenvalue weighted by molar-refractivity contribution is 6.22. The van der Waals surface area contributed by atoms with E-state index in [9.17, 15) is 0 Å². The first-order chi connectivity index (χ1) is 26.7. The van der Waals surface area contributed by atoms with Gasteiger partial charge in [-0.05, 0) is 118 Å². The molecule has 0 radical (unpaired) electrons. The van der Waals surface area contributed by atoms with Crippen molar-refractivity contribution < 1.29 is 0 Å². The van der Waals surface area contributed by atoms with E-state index in [-0.39, 0.29) is 0 Å². The van der Waals surface area contributed by atoms with Crippen LogP contribution in [-0.4, -0.2) is 15.0 Å². The van der Waals surface area contributed by atoms with Crippen LogP contribution in [-0.2, 0) is 6.42 Å². The Hall–Kier alpha value is -6.71. The Morgan fingerprint density at radius 3 is 1.69 bits per heavy atom. The van der Waals surface area contributed by atoms with Crippen LogP contribution in [0.2, 0.25) is 0 Å². The summed E-state index contributed by atoms with van der Waals surface area (Å²) in [6.07, 6.45) is 22.6. The van der Waals surface area contributed by atoms with Crippen LogP contribution in [0, 0.1) is 13.8 Å². The molecule has 5 aromatic carbocycles. The lowest BCUT2D eigenvalue weighted by Gasteiger charge is -2.23. The first kappa shape index (κ1) is 33.1. The number of pyridine rings is 3. The van der Waals surface area contributed by atoms with Gasteiger partial charge in [0, 0.05) is 52.6 Å². The van der Waals surface area contributed by atoms with E-state index in [0.29, 0.717) is 0 Å². The van der Waals surface area contributed by atoms with Crippen molar-refractivity contribution in [2.75, 3.05) is 0 Å². The maximum Gasteiger partial charge on any atom is 0.0797 e. The van der Waals surface area contributed by atoms with Crippen LogP contribution >= 0.6 is 0 Å². The van der Waals surface area contributed by atoms with Crippen molar-refractivity contribution in [3.8, 4) is 55.9 Å². The molecule has 0 spiro atoms. The quantitative estimate of drug-likeness (QED) is 0.168. The van der Waals surface area contributed by atoms with Crippen LogP contribution in [0.5, 0.6) is 0 Å². The van der Waals surface area contributed by atoms with Gasteiger partial charge in [-0.1, -0.05) is 121 Å². The third-order valence-electron chi connectivity index (χ3n) is 10.7. The summed E-state index contributed by atoms with van der Waals surface area (Å²) >= 11 is 0. The fourth-order valence-electron chi connectivity index (χ4n) is 8.03. The number of nitrogens with zero attached hydrogens (tertiary/aromatic N) is 3. The normalized spacial score (nSPS) is 14.4. The first-order valence-electron chi connectivity index (χ1n) is 18.6. The van der Waals surface area contributed by atoms with Gasteiger partial charge < -0.3 is 0 Å². The molecule has 0 amide bonds. The summed E-state index contributed by atoms with van der Waals surface area (Å²) in [4.78, 5) is 14.7. The Labute approximate surface area is 316 Å². The third-order valence-corrected chi connectivity index (χ3v) is 10.7. The summed E-state index contributed by atoms with van der Waals surface area (Å²) < 4.78 is 0. The molecule has 0 saturated carbocycles. The molecule has 258 valence electrons. The zero-order valence-corrected chi connectivity index (χ0v) is 30.5. The third kappa shape index (κ3) is 6.04. The Morgan fingerprint density at radius 2 is 1.07 bits per heavy atom. The molecule has 0 aliphatic heterocycles. The highest BCUT2D eigenvalue weighted by atomic mass is 14.7. The maximum atomic E-state index is 5.72. The summed E-state index contributed by atoms with van der Waals surface area (Å²) in [6, 6.07) is 41.5. The van der Waals surface area contributed by atoms with E-state index in [0.717, 1.165) is 57.6 Å². The van der Waals surface area contributed by atoms with Gasteiger partial charge in [-0.3, -0.25) is 9.97 Å². The number of aromatic nitrogens is 3. The summed E-state index contributed by atoms with van der Waals surface area (Å²) in [5.41, 5.74) is 16.0. The lowest BCUT2D eigenvalue weighted by Crippen LogP contribution is -2.05. The van der Waals surface area contributed by atoms with Gasteiger partial charge in [0.05, 0.1) is 11.4 Å². The average Bonchev–Trinajstić information content (AvgIpc) is 3.23. The van der Waals surface area contributed by atoms with Crippen molar-refractivity contribution in [2.24, 2.45) is 0 Å². The van der Waals surface area contributed by atoms with Crippen LogP contribution < -0.4 is 0 Å². The fourth-order valence-corrected chi connectivity index (χ4v) is 8.03. The minimum atomic E-state index is 0.816. The molecule has 0 saturated heterocycles. The van der Waals surface area contributed by atoms with Crippen molar-refractivity contribution in [1.29, 1.82) is 0 Å². The van der Waals surface area contributed by atoms with Gasteiger partial charge in [0.1, 0.15) is 0 Å². The van der Waals surface area contributed by atoms with Gasteiger partial charge in [-0.15, -0.1) is 0 Å². The van der Waals surface area contributed by atoms with Gasteiger partial charge >= 0.3 is 0 Å². The molecule has 0 N–H and O–H groups in total. The van der Waals surface area contributed by atoms with E-state index >= 15 is 0 Å². The molecule has 3 nitrogen and oxygen atoms in total. The number of hydrogen-bond donors (Lipinski definition) is 0. The van der Waals surface area contributed by atoms with Crippen molar-refractivity contribution in [3.05, 3.63) is 193 Å². The van der Waals surface area contributed by atoms with Crippen LogP contribution in [0.1, 0.15) is 28.7 Å². The second-order valence-electron chi connectivity index (χ2n) is 14.0.